The molecule has 1 nitrogen and oxygen atoms in total. The van der Waals surface area contributed by atoms with E-state index in [1.165, 1.54) is 40.1 Å². The van der Waals surface area contributed by atoms with Gasteiger partial charge in [0.05, 0.1) is 0 Å². The molecule has 0 atom stereocenters. The predicted molar refractivity (Wildman–Crippen MR) is 103 cm³/mol. The van der Waals surface area contributed by atoms with Crippen molar-refractivity contribution in [3.63, 3.8) is 0 Å². The molecule has 123 valence electrons. The third-order valence-electron chi connectivity index (χ3n) is 3.90. The summed E-state index contributed by atoms with van der Waals surface area (Å²) < 4.78 is 9.23. The van der Waals surface area contributed by atoms with Crippen molar-refractivity contribution in [1.82, 2.24) is 0 Å². The molecule has 0 amide bonds. The van der Waals surface area contributed by atoms with Crippen molar-refractivity contribution in [3.05, 3.63) is 53.6 Å². The van der Waals surface area contributed by atoms with Crippen LogP contribution in [-0.4, -0.2) is 20.2 Å². The Morgan fingerprint density at radius 3 is 2.17 bits per heavy atom. The van der Waals surface area contributed by atoms with E-state index in [4.69, 9.17) is 14.7 Å². The van der Waals surface area contributed by atoms with Crippen LogP contribution in [0, 0.1) is 0 Å². The van der Waals surface area contributed by atoms with Gasteiger partial charge >= 0.3 is 154 Å². The van der Waals surface area contributed by atoms with E-state index in [1.54, 1.807) is 0 Å². The first kappa shape index (κ1) is 18.7. The summed E-state index contributed by atoms with van der Waals surface area (Å²) in [7, 11) is 0. The minimum atomic E-state index is -1.83. The summed E-state index contributed by atoms with van der Waals surface area (Å²) in [5.74, 6) is 1.03. The van der Waals surface area contributed by atoms with E-state index in [2.05, 4.69) is 44.2 Å². The fourth-order valence-corrected chi connectivity index (χ4v) is 9.70. The van der Waals surface area contributed by atoms with Gasteiger partial charge in [-0.3, -0.25) is 0 Å². The molecule has 0 aliphatic rings. The molecule has 0 aliphatic carbocycles. The first-order valence-electron chi connectivity index (χ1n) is 8.62. The summed E-state index contributed by atoms with van der Waals surface area (Å²) in [6.07, 6.45) is 5.11. The molecule has 2 aromatic rings. The van der Waals surface area contributed by atoms with Crippen LogP contribution in [0.1, 0.15) is 39.5 Å². The Labute approximate surface area is 153 Å². The van der Waals surface area contributed by atoms with Crippen molar-refractivity contribution < 1.29 is 3.07 Å². The van der Waals surface area contributed by atoms with Gasteiger partial charge < -0.3 is 0 Å². The Bertz CT molecular complexity index is 577. The van der Waals surface area contributed by atoms with Gasteiger partial charge in [-0.2, -0.15) is 0 Å². The fourth-order valence-electron chi connectivity index (χ4n) is 2.56. The van der Waals surface area contributed by atoms with E-state index in [9.17, 15) is 0 Å². The van der Waals surface area contributed by atoms with Crippen molar-refractivity contribution in [1.29, 1.82) is 0 Å². The van der Waals surface area contributed by atoms with Crippen LogP contribution in [-0.2, 0) is 0 Å². The average molecular weight is 437 g/mol. The molecule has 0 unspecified atom stereocenters. The van der Waals surface area contributed by atoms with Crippen LogP contribution < -0.4 is 3.07 Å². The summed E-state index contributed by atoms with van der Waals surface area (Å²) in [5, 5.41) is 0.767. The van der Waals surface area contributed by atoms with Crippen LogP contribution in [0.2, 0.25) is 13.9 Å². The van der Waals surface area contributed by atoms with Crippen LogP contribution >= 0.6 is 11.6 Å². The molecule has 3 heteroatoms. The SMILES string of the molecule is CCC[CH2][Sn]([CH2]CCC)[O]c1ccc(Cl)cc1-c1ccccc1. The van der Waals surface area contributed by atoms with Gasteiger partial charge in [0.15, 0.2) is 0 Å². The second-order valence-electron chi connectivity index (χ2n) is 5.85. The standard InChI is InChI=1S/C12H9ClO.2C4H9.Sn/c13-10-6-7-12(14)11(8-10)9-4-2-1-3-5-9;2*1-3-4-2;/h1-8,14H;2*1,3-4H2,2H3;/q;;;+1/p-1. The van der Waals surface area contributed by atoms with E-state index < -0.39 is 20.2 Å². The van der Waals surface area contributed by atoms with Crippen molar-refractivity contribution in [2.45, 2.75) is 48.4 Å². The van der Waals surface area contributed by atoms with Gasteiger partial charge in [-0.1, -0.05) is 0 Å². The monoisotopic (exact) mass is 437 g/mol. The number of halogens is 1. The molecule has 0 aromatic heterocycles. The van der Waals surface area contributed by atoms with Crippen LogP contribution in [0.25, 0.3) is 11.1 Å². The number of benzene rings is 2. The Kier molecular flexibility index (Phi) is 8.32. The number of unbranched alkanes of at least 4 members (excludes halogenated alkanes) is 2. The molecule has 23 heavy (non-hydrogen) atoms. The van der Waals surface area contributed by atoms with Crippen LogP contribution in [0.15, 0.2) is 48.5 Å². The maximum atomic E-state index is 6.60. The second-order valence-corrected chi connectivity index (χ2v) is 12.8. The molecule has 0 aliphatic heterocycles. The quantitative estimate of drug-likeness (QED) is 0.385. The van der Waals surface area contributed by atoms with Gasteiger partial charge in [0.25, 0.3) is 0 Å². The fraction of sp³-hybridized carbons (Fsp3) is 0.400. The van der Waals surface area contributed by atoms with Crippen molar-refractivity contribution in [3.8, 4) is 16.9 Å². The Morgan fingerprint density at radius 1 is 0.913 bits per heavy atom. The molecule has 0 N–H and O–H groups in total. The number of hydrogen-bond acceptors (Lipinski definition) is 1. The van der Waals surface area contributed by atoms with Gasteiger partial charge in [-0.15, -0.1) is 0 Å². The first-order chi connectivity index (χ1) is 11.2. The van der Waals surface area contributed by atoms with E-state index in [0.29, 0.717) is 0 Å². The van der Waals surface area contributed by atoms with Crippen LogP contribution in [0.5, 0.6) is 5.75 Å². The number of rotatable bonds is 9. The summed E-state index contributed by atoms with van der Waals surface area (Å²) >= 11 is 4.40. The Hall–Kier alpha value is -0.671. The van der Waals surface area contributed by atoms with Crippen molar-refractivity contribution in [2.75, 3.05) is 0 Å². The van der Waals surface area contributed by atoms with E-state index in [1.807, 2.05) is 18.2 Å². The molecule has 2 aromatic carbocycles. The zero-order valence-electron chi connectivity index (χ0n) is 14.1. The molecule has 0 saturated heterocycles. The van der Waals surface area contributed by atoms with Crippen molar-refractivity contribution in [2.24, 2.45) is 0 Å². The van der Waals surface area contributed by atoms with E-state index >= 15 is 0 Å². The molecule has 0 fully saturated rings. The zero-order valence-corrected chi connectivity index (χ0v) is 17.8. The van der Waals surface area contributed by atoms with Gasteiger partial charge in [0.2, 0.25) is 0 Å². The molecular weight excluding hydrogens is 410 g/mol. The average Bonchev–Trinajstić information content (AvgIpc) is 2.59. The predicted octanol–water partition coefficient (Wildman–Crippen LogP) is 6.98. The third kappa shape index (κ3) is 6.04. The molecule has 0 saturated carbocycles. The summed E-state index contributed by atoms with van der Waals surface area (Å²) in [4.78, 5) is 0. The molecule has 0 bridgehead atoms. The Balaban J connectivity index is 2.23. The number of hydrogen-bond donors (Lipinski definition) is 0. The molecule has 2 rings (SSSR count). The minimum absolute atomic E-state index is 0.767. The second kappa shape index (κ2) is 10.2. The topological polar surface area (TPSA) is 9.23 Å². The molecular formula is C20H26ClOSn. The zero-order chi connectivity index (χ0) is 16.5. The summed E-state index contributed by atoms with van der Waals surface area (Å²) in [5.41, 5.74) is 2.31. The van der Waals surface area contributed by atoms with Gasteiger partial charge in [0.1, 0.15) is 0 Å². The third-order valence-corrected chi connectivity index (χ3v) is 10.8. The maximum absolute atomic E-state index is 6.60. The van der Waals surface area contributed by atoms with Gasteiger partial charge in [0, 0.05) is 0 Å². The molecule has 0 heterocycles. The van der Waals surface area contributed by atoms with Crippen LogP contribution in [0.3, 0.4) is 0 Å². The van der Waals surface area contributed by atoms with Crippen LogP contribution in [0.4, 0.5) is 0 Å². The van der Waals surface area contributed by atoms with Crippen molar-refractivity contribution >= 4 is 31.8 Å². The normalized spacial score (nSPS) is 11.0. The first-order valence-corrected chi connectivity index (χ1v) is 14.2. The molecule has 0 spiro atoms. The van der Waals surface area contributed by atoms with Gasteiger partial charge in [-0.05, 0) is 0 Å². The Morgan fingerprint density at radius 2 is 1.57 bits per heavy atom. The van der Waals surface area contributed by atoms with E-state index in [0.717, 1.165) is 16.3 Å². The van der Waals surface area contributed by atoms with Gasteiger partial charge in [-0.25, -0.2) is 0 Å². The summed E-state index contributed by atoms with van der Waals surface area (Å²) in [6.45, 7) is 4.52. The molecule has 1 radical (unpaired) electrons. The van der Waals surface area contributed by atoms with E-state index in [-0.39, 0.29) is 0 Å². The summed E-state index contributed by atoms with van der Waals surface area (Å²) in [6, 6.07) is 16.5.